The van der Waals surface area contributed by atoms with Crippen molar-refractivity contribution >= 4 is 11.5 Å². The second-order valence-electron chi connectivity index (χ2n) is 2.46. The fourth-order valence-corrected chi connectivity index (χ4v) is 1.41. The molecule has 0 amide bonds. The number of rotatable bonds is 2. The van der Waals surface area contributed by atoms with Crippen molar-refractivity contribution in [1.29, 1.82) is 0 Å². The molecule has 1 aromatic heterocycles. The van der Waals surface area contributed by atoms with Crippen molar-refractivity contribution in [3.8, 4) is 0 Å². The molecule has 0 saturated heterocycles. The van der Waals surface area contributed by atoms with Crippen LogP contribution in [0.2, 0.25) is 0 Å². The molecule has 0 bridgehead atoms. The molecule has 0 spiro atoms. The highest BCUT2D eigenvalue weighted by molar-refractivity contribution is 7.02. The number of nitrogens with zero attached hydrogens (tertiary/aromatic N) is 2. The molecular weight excluding hydrogens is 168 g/mol. The van der Waals surface area contributed by atoms with Gasteiger partial charge in [-0.05, 0) is 17.1 Å². The summed E-state index contributed by atoms with van der Waals surface area (Å²) in [7, 11) is 0. The molecule has 0 aliphatic heterocycles. The Morgan fingerprint density at radius 1 is 1.25 bits per heavy atom. The molecule has 0 aliphatic carbocycles. The summed E-state index contributed by atoms with van der Waals surface area (Å²) in [6.45, 7) is 0. The molecule has 0 aliphatic rings. The van der Waals surface area contributed by atoms with Gasteiger partial charge in [0.2, 0.25) is 0 Å². The standard InChI is InChI=1S/C9H7N2S/c1-2-4-8(5-3-1)6-9-10-7-12-11-9/h1-5H,6H2. The molecule has 2 aromatic rings. The maximum atomic E-state index is 4.09. The minimum absolute atomic E-state index is 0.806. The predicted octanol–water partition coefficient (Wildman–Crippen LogP) is 1.93. The molecule has 0 fully saturated rings. The molecule has 1 heterocycles. The van der Waals surface area contributed by atoms with Gasteiger partial charge in [-0.25, -0.2) is 4.98 Å². The van der Waals surface area contributed by atoms with Crippen molar-refractivity contribution in [2.75, 3.05) is 0 Å². The molecule has 1 aromatic carbocycles. The van der Waals surface area contributed by atoms with E-state index in [0.29, 0.717) is 0 Å². The summed E-state index contributed by atoms with van der Waals surface area (Å²) in [4.78, 5) is 3.99. The van der Waals surface area contributed by atoms with Crippen molar-refractivity contribution in [3.63, 3.8) is 0 Å². The van der Waals surface area contributed by atoms with Crippen LogP contribution in [0.4, 0.5) is 0 Å². The lowest BCUT2D eigenvalue weighted by Gasteiger charge is -1.94. The molecule has 0 N–H and O–H groups in total. The van der Waals surface area contributed by atoms with Crippen LogP contribution in [0.5, 0.6) is 0 Å². The van der Waals surface area contributed by atoms with E-state index in [9.17, 15) is 0 Å². The van der Waals surface area contributed by atoms with Crippen LogP contribution >= 0.6 is 11.5 Å². The van der Waals surface area contributed by atoms with Gasteiger partial charge in [-0.2, -0.15) is 4.37 Å². The van der Waals surface area contributed by atoms with Crippen LogP contribution < -0.4 is 0 Å². The Balaban J connectivity index is 2.15. The van der Waals surface area contributed by atoms with Crippen LogP contribution in [-0.2, 0) is 6.42 Å². The molecule has 0 atom stereocenters. The summed E-state index contributed by atoms with van der Waals surface area (Å²) in [6.07, 6.45) is 0.806. The van der Waals surface area contributed by atoms with Crippen molar-refractivity contribution in [2.45, 2.75) is 6.42 Å². The van der Waals surface area contributed by atoms with E-state index in [4.69, 9.17) is 0 Å². The summed E-state index contributed by atoms with van der Waals surface area (Å²) >= 11 is 1.27. The fourth-order valence-electron chi connectivity index (χ4n) is 1.02. The minimum atomic E-state index is 0.806. The van der Waals surface area contributed by atoms with Crippen molar-refractivity contribution in [2.24, 2.45) is 0 Å². The summed E-state index contributed by atoms with van der Waals surface area (Å²) in [5.74, 6) is 0.853. The van der Waals surface area contributed by atoms with Gasteiger partial charge < -0.3 is 0 Å². The highest BCUT2D eigenvalue weighted by atomic mass is 32.1. The van der Waals surface area contributed by atoms with Gasteiger partial charge in [0, 0.05) is 6.42 Å². The maximum absolute atomic E-state index is 4.09. The molecule has 1 radical (unpaired) electrons. The van der Waals surface area contributed by atoms with Gasteiger partial charge in [-0.1, -0.05) is 30.3 Å². The van der Waals surface area contributed by atoms with Crippen LogP contribution in [0.1, 0.15) is 11.4 Å². The average Bonchev–Trinajstić information content (AvgIpc) is 2.59. The topological polar surface area (TPSA) is 25.8 Å². The third-order valence-corrected chi connectivity index (χ3v) is 2.05. The first kappa shape index (κ1) is 7.43. The SMILES string of the molecule is [c]1nc(Cc2ccccc2)ns1. The zero-order chi connectivity index (χ0) is 8.23. The van der Waals surface area contributed by atoms with Gasteiger partial charge in [0.25, 0.3) is 0 Å². The van der Waals surface area contributed by atoms with E-state index < -0.39 is 0 Å². The first-order valence-electron chi connectivity index (χ1n) is 3.68. The summed E-state index contributed by atoms with van der Waals surface area (Å²) in [5, 5.41) is 0. The Morgan fingerprint density at radius 2 is 2.08 bits per heavy atom. The Bertz CT molecular complexity index is 329. The van der Waals surface area contributed by atoms with Gasteiger partial charge in [0.05, 0.1) is 0 Å². The minimum Gasteiger partial charge on any atom is -0.216 e. The monoisotopic (exact) mass is 175 g/mol. The highest BCUT2D eigenvalue weighted by Crippen LogP contribution is 2.04. The van der Waals surface area contributed by atoms with Crippen molar-refractivity contribution in [1.82, 2.24) is 9.36 Å². The fraction of sp³-hybridized carbons (Fsp3) is 0.111. The van der Waals surface area contributed by atoms with Gasteiger partial charge in [-0.3, -0.25) is 0 Å². The number of hydrogen-bond acceptors (Lipinski definition) is 3. The van der Waals surface area contributed by atoms with E-state index in [-0.39, 0.29) is 0 Å². The van der Waals surface area contributed by atoms with Gasteiger partial charge in [0.15, 0.2) is 5.51 Å². The second kappa shape index (κ2) is 3.45. The summed E-state index contributed by atoms with van der Waals surface area (Å²) in [5.41, 5.74) is 3.97. The van der Waals surface area contributed by atoms with Gasteiger partial charge >= 0.3 is 0 Å². The molecular formula is C9H7N2S. The molecule has 59 valence electrons. The Morgan fingerprint density at radius 3 is 2.75 bits per heavy atom. The van der Waals surface area contributed by atoms with E-state index >= 15 is 0 Å². The van der Waals surface area contributed by atoms with E-state index in [0.717, 1.165) is 12.2 Å². The Labute approximate surface area is 75.1 Å². The van der Waals surface area contributed by atoms with E-state index in [1.807, 2.05) is 18.2 Å². The van der Waals surface area contributed by atoms with Crippen LogP contribution in [0.3, 0.4) is 0 Å². The predicted molar refractivity (Wildman–Crippen MR) is 48.0 cm³/mol. The summed E-state index contributed by atoms with van der Waals surface area (Å²) < 4.78 is 4.09. The molecule has 2 rings (SSSR count). The third kappa shape index (κ3) is 1.68. The highest BCUT2D eigenvalue weighted by Gasteiger charge is 1.97. The van der Waals surface area contributed by atoms with Crippen LogP contribution in [0.25, 0.3) is 0 Å². The Hall–Kier alpha value is -1.22. The van der Waals surface area contributed by atoms with Crippen LogP contribution in [0, 0.1) is 5.51 Å². The summed E-state index contributed by atoms with van der Waals surface area (Å²) in [6, 6.07) is 10.2. The van der Waals surface area contributed by atoms with E-state index in [2.05, 4.69) is 27.0 Å². The smallest absolute Gasteiger partial charge is 0.174 e. The largest absolute Gasteiger partial charge is 0.216 e. The van der Waals surface area contributed by atoms with Crippen LogP contribution in [-0.4, -0.2) is 9.36 Å². The zero-order valence-electron chi connectivity index (χ0n) is 6.40. The van der Waals surface area contributed by atoms with E-state index in [1.165, 1.54) is 17.1 Å². The molecule has 0 unspecified atom stereocenters. The number of aromatic nitrogens is 2. The lowest BCUT2D eigenvalue weighted by Crippen LogP contribution is -1.88. The molecule has 12 heavy (non-hydrogen) atoms. The van der Waals surface area contributed by atoms with Gasteiger partial charge in [0.1, 0.15) is 5.82 Å². The van der Waals surface area contributed by atoms with Crippen molar-refractivity contribution in [3.05, 3.63) is 47.2 Å². The third-order valence-electron chi connectivity index (χ3n) is 1.57. The number of benzene rings is 1. The van der Waals surface area contributed by atoms with Crippen LogP contribution in [0.15, 0.2) is 30.3 Å². The van der Waals surface area contributed by atoms with E-state index in [1.54, 1.807) is 0 Å². The molecule has 2 nitrogen and oxygen atoms in total. The Kier molecular flexibility index (Phi) is 2.14. The average molecular weight is 175 g/mol. The van der Waals surface area contributed by atoms with Crippen molar-refractivity contribution < 1.29 is 0 Å². The zero-order valence-corrected chi connectivity index (χ0v) is 7.21. The first-order valence-corrected chi connectivity index (χ1v) is 4.45. The normalized spacial score (nSPS) is 10.0. The second-order valence-corrected chi connectivity index (χ2v) is 3.01. The number of hydrogen-bond donors (Lipinski definition) is 0. The molecule has 3 heteroatoms. The quantitative estimate of drug-likeness (QED) is 0.697. The lowest BCUT2D eigenvalue weighted by atomic mass is 10.1. The molecule has 0 saturated carbocycles. The first-order chi connectivity index (χ1) is 5.95. The van der Waals surface area contributed by atoms with Gasteiger partial charge in [-0.15, -0.1) is 0 Å². The lowest BCUT2D eigenvalue weighted by molar-refractivity contribution is 1.03. The maximum Gasteiger partial charge on any atom is 0.174 e.